The fourth-order valence-corrected chi connectivity index (χ4v) is 2.38. The van der Waals surface area contributed by atoms with Gasteiger partial charge in [0.2, 0.25) is 0 Å². The van der Waals surface area contributed by atoms with Gasteiger partial charge in [-0.05, 0) is 59.5 Å². The molecule has 0 aromatic carbocycles. The number of hydrogen-bond acceptors (Lipinski definition) is 3. The van der Waals surface area contributed by atoms with E-state index in [-0.39, 0.29) is 6.04 Å². The van der Waals surface area contributed by atoms with Crippen molar-refractivity contribution in [1.82, 2.24) is 15.1 Å². The minimum Gasteiger partial charge on any atom is -0.317 e. The Balaban J connectivity index is 2.45. The molecule has 0 atom stereocenters. The van der Waals surface area contributed by atoms with E-state index in [1.165, 1.54) is 0 Å². The predicted molar refractivity (Wildman–Crippen MR) is 66.7 cm³/mol. The fourth-order valence-electron chi connectivity index (χ4n) is 2.38. The summed E-state index contributed by atoms with van der Waals surface area (Å²) in [7, 11) is 3.89. The molecule has 0 unspecified atom stereocenters. The number of halogens is 3. The summed E-state index contributed by atoms with van der Waals surface area (Å²) in [5.41, 5.74) is 0. The van der Waals surface area contributed by atoms with Crippen molar-refractivity contribution in [3.63, 3.8) is 0 Å². The van der Waals surface area contributed by atoms with E-state index in [0.29, 0.717) is 6.54 Å². The van der Waals surface area contributed by atoms with Crippen LogP contribution in [-0.2, 0) is 0 Å². The predicted octanol–water partition coefficient (Wildman–Crippen LogP) is 1.55. The second kappa shape index (κ2) is 7.31. The summed E-state index contributed by atoms with van der Waals surface area (Å²) < 4.78 is 37.7. The molecule has 6 heteroatoms. The lowest BCUT2D eigenvalue weighted by molar-refractivity contribution is -0.152. The summed E-state index contributed by atoms with van der Waals surface area (Å²) in [6, 6.07) is 0.0787. The second-order valence-corrected chi connectivity index (χ2v) is 5.22. The van der Waals surface area contributed by atoms with Crippen molar-refractivity contribution in [3.8, 4) is 0 Å². The van der Waals surface area contributed by atoms with Gasteiger partial charge in [0.15, 0.2) is 0 Å². The highest BCUT2D eigenvalue weighted by Gasteiger charge is 2.33. The molecule has 3 nitrogen and oxygen atoms in total. The second-order valence-electron chi connectivity index (χ2n) is 5.22. The topological polar surface area (TPSA) is 18.5 Å². The quantitative estimate of drug-likeness (QED) is 0.788. The molecule has 0 aromatic heterocycles. The van der Waals surface area contributed by atoms with Crippen molar-refractivity contribution in [3.05, 3.63) is 0 Å². The largest absolute Gasteiger partial charge is 0.401 e. The lowest BCUT2D eigenvalue weighted by atomic mass is 10.0. The standard InChI is InChI=1S/C12H24F3N3/c1-17(2)8-3-9-18(10-12(13,14)15)11-4-6-16-7-5-11/h11,16H,3-10H2,1-2H3. The maximum Gasteiger partial charge on any atom is 0.401 e. The average Bonchev–Trinajstić information content (AvgIpc) is 2.27. The number of piperidine rings is 1. The van der Waals surface area contributed by atoms with Gasteiger partial charge in [0.25, 0.3) is 0 Å². The van der Waals surface area contributed by atoms with Crippen LogP contribution in [0.15, 0.2) is 0 Å². The molecule has 0 spiro atoms. The minimum absolute atomic E-state index is 0.0787. The molecule has 1 aliphatic heterocycles. The van der Waals surface area contributed by atoms with Gasteiger partial charge in [-0.2, -0.15) is 13.2 Å². The van der Waals surface area contributed by atoms with E-state index in [0.717, 1.165) is 38.9 Å². The molecule has 0 bridgehead atoms. The van der Waals surface area contributed by atoms with E-state index in [4.69, 9.17) is 0 Å². The third-order valence-corrected chi connectivity index (χ3v) is 3.26. The first-order valence-corrected chi connectivity index (χ1v) is 6.55. The van der Waals surface area contributed by atoms with Crippen LogP contribution in [0.25, 0.3) is 0 Å². The fraction of sp³-hybridized carbons (Fsp3) is 1.00. The first-order chi connectivity index (χ1) is 8.38. The van der Waals surface area contributed by atoms with E-state index in [1.54, 1.807) is 4.90 Å². The Labute approximate surface area is 107 Å². The van der Waals surface area contributed by atoms with E-state index in [1.807, 2.05) is 19.0 Å². The molecule has 1 rings (SSSR count). The van der Waals surface area contributed by atoms with Gasteiger partial charge in [-0.25, -0.2) is 0 Å². The first-order valence-electron chi connectivity index (χ1n) is 6.55. The molecule has 0 saturated carbocycles. The zero-order valence-electron chi connectivity index (χ0n) is 11.3. The molecule has 0 amide bonds. The molecule has 1 heterocycles. The van der Waals surface area contributed by atoms with Crippen molar-refractivity contribution in [2.45, 2.75) is 31.5 Å². The zero-order chi connectivity index (χ0) is 13.6. The highest BCUT2D eigenvalue weighted by molar-refractivity contribution is 4.79. The summed E-state index contributed by atoms with van der Waals surface area (Å²) in [6.07, 6.45) is -1.67. The van der Waals surface area contributed by atoms with Crippen LogP contribution in [0.3, 0.4) is 0 Å². The molecule has 1 N–H and O–H groups in total. The zero-order valence-corrected chi connectivity index (χ0v) is 11.3. The van der Waals surface area contributed by atoms with Gasteiger partial charge in [0.05, 0.1) is 6.54 Å². The van der Waals surface area contributed by atoms with Crippen LogP contribution in [0.4, 0.5) is 13.2 Å². The molecule has 1 saturated heterocycles. The molecule has 0 radical (unpaired) electrons. The Bertz CT molecular complexity index is 225. The smallest absolute Gasteiger partial charge is 0.317 e. The number of alkyl halides is 3. The number of hydrogen-bond donors (Lipinski definition) is 1. The Kier molecular flexibility index (Phi) is 6.38. The highest BCUT2D eigenvalue weighted by Crippen LogP contribution is 2.21. The summed E-state index contributed by atoms with van der Waals surface area (Å²) in [4.78, 5) is 3.62. The summed E-state index contributed by atoms with van der Waals surface area (Å²) in [5.74, 6) is 0. The van der Waals surface area contributed by atoms with E-state index in [2.05, 4.69) is 5.32 Å². The van der Waals surface area contributed by atoms with Gasteiger partial charge < -0.3 is 10.2 Å². The van der Waals surface area contributed by atoms with E-state index >= 15 is 0 Å². The van der Waals surface area contributed by atoms with Crippen molar-refractivity contribution in [2.75, 3.05) is 46.8 Å². The number of rotatable bonds is 6. The van der Waals surface area contributed by atoms with Crippen LogP contribution in [-0.4, -0.2) is 68.8 Å². The van der Waals surface area contributed by atoms with Crippen LogP contribution in [0, 0.1) is 0 Å². The minimum atomic E-state index is -4.09. The molecule has 0 aliphatic carbocycles. The van der Waals surface area contributed by atoms with E-state index in [9.17, 15) is 13.2 Å². The lowest BCUT2D eigenvalue weighted by Crippen LogP contribution is -2.47. The Morgan fingerprint density at radius 1 is 1.11 bits per heavy atom. The van der Waals surface area contributed by atoms with Gasteiger partial charge in [-0.15, -0.1) is 0 Å². The molecular formula is C12H24F3N3. The third-order valence-electron chi connectivity index (χ3n) is 3.26. The molecular weight excluding hydrogens is 243 g/mol. The van der Waals surface area contributed by atoms with Gasteiger partial charge in [-0.1, -0.05) is 0 Å². The summed E-state index contributed by atoms with van der Waals surface area (Å²) >= 11 is 0. The van der Waals surface area contributed by atoms with Crippen LogP contribution < -0.4 is 5.32 Å². The molecule has 18 heavy (non-hydrogen) atoms. The van der Waals surface area contributed by atoms with E-state index < -0.39 is 12.7 Å². The Morgan fingerprint density at radius 2 is 1.72 bits per heavy atom. The maximum atomic E-state index is 12.6. The third kappa shape index (κ3) is 6.56. The Hall–Kier alpha value is -0.330. The van der Waals surface area contributed by atoms with Crippen LogP contribution in [0.2, 0.25) is 0 Å². The van der Waals surface area contributed by atoms with Gasteiger partial charge in [-0.3, -0.25) is 4.90 Å². The molecule has 0 aromatic rings. The monoisotopic (exact) mass is 267 g/mol. The van der Waals surface area contributed by atoms with Crippen LogP contribution >= 0.6 is 0 Å². The maximum absolute atomic E-state index is 12.6. The van der Waals surface area contributed by atoms with Crippen LogP contribution in [0.1, 0.15) is 19.3 Å². The number of nitrogens with one attached hydrogen (secondary N) is 1. The average molecular weight is 267 g/mol. The molecule has 1 aliphatic rings. The van der Waals surface area contributed by atoms with Crippen molar-refractivity contribution in [1.29, 1.82) is 0 Å². The molecule has 108 valence electrons. The van der Waals surface area contributed by atoms with Crippen LogP contribution in [0.5, 0.6) is 0 Å². The normalized spacial score (nSPS) is 18.8. The SMILES string of the molecule is CN(C)CCCN(CC(F)(F)F)C1CCNCC1. The van der Waals surface area contributed by atoms with Gasteiger partial charge >= 0.3 is 6.18 Å². The molecule has 1 fully saturated rings. The van der Waals surface area contributed by atoms with Crippen molar-refractivity contribution < 1.29 is 13.2 Å². The van der Waals surface area contributed by atoms with Gasteiger partial charge in [0, 0.05) is 6.04 Å². The number of nitrogens with zero attached hydrogens (tertiary/aromatic N) is 2. The van der Waals surface area contributed by atoms with Gasteiger partial charge in [0.1, 0.15) is 0 Å². The first kappa shape index (κ1) is 15.7. The summed E-state index contributed by atoms with van der Waals surface area (Å²) in [6.45, 7) is 2.24. The van der Waals surface area contributed by atoms with Crippen molar-refractivity contribution in [2.24, 2.45) is 0 Å². The lowest BCUT2D eigenvalue weighted by Gasteiger charge is -2.35. The Morgan fingerprint density at radius 3 is 2.22 bits per heavy atom. The highest BCUT2D eigenvalue weighted by atomic mass is 19.4. The summed E-state index contributed by atoms with van der Waals surface area (Å²) in [5, 5.41) is 3.19. The van der Waals surface area contributed by atoms with Crippen molar-refractivity contribution >= 4 is 0 Å².